The Hall–Kier alpha value is -2.04. The number of carbonyl (C=O) groups is 2. The van der Waals surface area contributed by atoms with Crippen LogP contribution in [-0.2, 0) is 27.2 Å². The van der Waals surface area contributed by atoms with Crippen molar-refractivity contribution >= 4 is 40.8 Å². The summed E-state index contributed by atoms with van der Waals surface area (Å²) in [4.78, 5) is 26.4. The highest BCUT2D eigenvalue weighted by atomic mass is 35.5. The van der Waals surface area contributed by atoms with E-state index in [1.165, 1.54) is 0 Å². The van der Waals surface area contributed by atoms with Crippen LogP contribution in [0.1, 0.15) is 18.1 Å². The number of rotatable bonds is 4. The number of para-hydroxylation sites is 1. The topological polar surface area (TPSA) is 46.6 Å². The van der Waals surface area contributed by atoms with Crippen LogP contribution in [0.2, 0.25) is 10.0 Å². The summed E-state index contributed by atoms with van der Waals surface area (Å²) in [6, 6.07) is 12.7. The third-order valence-corrected chi connectivity index (χ3v) is 4.88. The van der Waals surface area contributed by atoms with Gasteiger partial charge in [-0.2, -0.15) is 0 Å². The average Bonchev–Trinajstić information content (AvgIpc) is 3.01. The Morgan fingerprint density at radius 3 is 2.68 bits per heavy atom. The maximum absolute atomic E-state index is 12.6. The molecule has 0 bridgehead atoms. The molecule has 3 rings (SSSR count). The smallest absolute Gasteiger partial charge is 0.311 e. The first-order valence-corrected chi connectivity index (χ1v) is 8.74. The van der Waals surface area contributed by atoms with Crippen molar-refractivity contribution in [1.29, 1.82) is 0 Å². The Morgan fingerprint density at radius 1 is 1.16 bits per heavy atom. The summed E-state index contributed by atoms with van der Waals surface area (Å²) in [5.74, 6) is -0.695. The number of hydrogen-bond donors (Lipinski definition) is 0. The zero-order valence-corrected chi connectivity index (χ0v) is 15.2. The fourth-order valence-corrected chi connectivity index (χ4v) is 3.21. The van der Waals surface area contributed by atoms with E-state index in [2.05, 4.69) is 0 Å². The lowest BCUT2D eigenvalue weighted by molar-refractivity contribution is -0.153. The fourth-order valence-electron chi connectivity index (χ4n) is 2.89. The van der Waals surface area contributed by atoms with Crippen LogP contribution in [0.4, 0.5) is 5.69 Å². The highest BCUT2D eigenvalue weighted by Crippen LogP contribution is 2.28. The van der Waals surface area contributed by atoms with E-state index in [4.69, 9.17) is 27.9 Å². The third kappa shape index (κ3) is 3.97. The molecule has 0 fully saturated rings. The monoisotopic (exact) mass is 377 g/mol. The van der Waals surface area contributed by atoms with E-state index in [0.717, 1.165) is 17.7 Å². The summed E-state index contributed by atoms with van der Waals surface area (Å²) in [5, 5.41) is 0.805. The molecule has 1 atom stereocenters. The van der Waals surface area contributed by atoms with Gasteiger partial charge in [-0.05, 0) is 42.7 Å². The van der Waals surface area contributed by atoms with Gasteiger partial charge in [0, 0.05) is 12.2 Å². The molecular formula is C19H17Cl2NO3. The fraction of sp³-hybridized carbons (Fsp3) is 0.263. The molecule has 2 aromatic rings. The van der Waals surface area contributed by atoms with Crippen LogP contribution in [0.3, 0.4) is 0 Å². The Bertz CT molecular complexity index is 822. The van der Waals surface area contributed by atoms with Crippen molar-refractivity contribution in [3.8, 4) is 0 Å². The van der Waals surface area contributed by atoms with Crippen LogP contribution in [0.25, 0.3) is 0 Å². The molecule has 4 nitrogen and oxygen atoms in total. The maximum atomic E-state index is 12.6. The van der Waals surface area contributed by atoms with E-state index in [1.54, 1.807) is 30.0 Å². The molecule has 6 heteroatoms. The summed E-state index contributed by atoms with van der Waals surface area (Å²) < 4.78 is 5.31. The van der Waals surface area contributed by atoms with Crippen molar-refractivity contribution < 1.29 is 14.3 Å². The highest BCUT2D eigenvalue weighted by molar-refractivity contribution is 6.42. The summed E-state index contributed by atoms with van der Waals surface area (Å²) in [6.45, 7) is 2.20. The highest BCUT2D eigenvalue weighted by Gasteiger charge is 2.29. The van der Waals surface area contributed by atoms with Crippen LogP contribution in [-0.4, -0.2) is 24.5 Å². The number of carbonyl (C=O) groups excluding carboxylic acids is 2. The minimum Gasteiger partial charge on any atom is -0.452 e. The van der Waals surface area contributed by atoms with Crippen LogP contribution in [0, 0.1) is 0 Å². The Kier molecular flexibility index (Phi) is 5.30. The first-order chi connectivity index (χ1) is 12.0. The Morgan fingerprint density at radius 2 is 1.92 bits per heavy atom. The van der Waals surface area contributed by atoms with E-state index in [9.17, 15) is 9.59 Å². The molecule has 0 spiro atoms. The lowest BCUT2D eigenvalue weighted by Crippen LogP contribution is -2.39. The molecule has 2 aromatic carbocycles. The number of benzene rings is 2. The molecule has 0 aromatic heterocycles. The quantitative estimate of drug-likeness (QED) is 0.754. The maximum Gasteiger partial charge on any atom is 0.311 e. The van der Waals surface area contributed by atoms with Crippen molar-refractivity contribution in [1.82, 2.24) is 0 Å². The van der Waals surface area contributed by atoms with Crippen molar-refractivity contribution in [3.05, 3.63) is 63.6 Å². The number of nitrogens with zero attached hydrogens (tertiary/aromatic N) is 1. The van der Waals surface area contributed by atoms with Gasteiger partial charge in [-0.1, -0.05) is 47.5 Å². The molecule has 0 aliphatic carbocycles. The SMILES string of the molecule is CC(OC(=O)Cc1ccc(Cl)c(Cl)c1)C(=O)N1CCc2ccccc21. The lowest BCUT2D eigenvalue weighted by Gasteiger charge is -2.21. The van der Waals surface area contributed by atoms with E-state index in [1.807, 2.05) is 24.3 Å². The van der Waals surface area contributed by atoms with Crippen LogP contribution in [0.15, 0.2) is 42.5 Å². The largest absolute Gasteiger partial charge is 0.452 e. The zero-order valence-electron chi connectivity index (χ0n) is 13.7. The summed E-state index contributed by atoms with van der Waals surface area (Å²) >= 11 is 11.8. The molecule has 0 saturated carbocycles. The number of anilines is 1. The average molecular weight is 378 g/mol. The lowest BCUT2D eigenvalue weighted by atomic mass is 10.1. The van der Waals surface area contributed by atoms with Gasteiger partial charge in [0.2, 0.25) is 0 Å². The van der Waals surface area contributed by atoms with Crippen molar-refractivity contribution in [2.24, 2.45) is 0 Å². The molecule has 1 heterocycles. The van der Waals surface area contributed by atoms with E-state index < -0.39 is 12.1 Å². The standard InChI is InChI=1S/C19H17Cl2NO3/c1-12(19(24)22-9-8-14-4-2-3-5-17(14)22)25-18(23)11-13-6-7-15(20)16(21)10-13/h2-7,10,12H,8-9,11H2,1H3. The van der Waals surface area contributed by atoms with Crippen LogP contribution >= 0.6 is 23.2 Å². The van der Waals surface area contributed by atoms with Crippen LogP contribution < -0.4 is 4.90 Å². The Labute approximate surface area is 156 Å². The van der Waals surface area contributed by atoms with Gasteiger partial charge >= 0.3 is 5.97 Å². The van der Waals surface area contributed by atoms with Crippen LogP contribution in [0.5, 0.6) is 0 Å². The molecule has 0 saturated heterocycles. The predicted octanol–water partition coefficient (Wildman–Crippen LogP) is 4.06. The van der Waals surface area contributed by atoms with Gasteiger partial charge in [0.1, 0.15) is 0 Å². The molecule has 1 unspecified atom stereocenters. The molecule has 1 amide bonds. The van der Waals surface area contributed by atoms with E-state index >= 15 is 0 Å². The first-order valence-electron chi connectivity index (χ1n) is 7.98. The summed E-state index contributed by atoms with van der Waals surface area (Å²) in [7, 11) is 0. The van der Waals surface area contributed by atoms with Crippen molar-refractivity contribution in [3.63, 3.8) is 0 Å². The third-order valence-electron chi connectivity index (χ3n) is 4.14. The van der Waals surface area contributed by atoms with Gasteiger partial charge in [-0.25, -0.2) is 0 Å². The second kappa shape index (κ2) is 7.46. The molecule has 0 radical (unpaired) electrons. The first kappa shape index (κ1) is 17.8. The second-order valence-electron chi connectivity index (χ2n) is 5.93. The number of amides is 1. The number of fused-ring (bicyclic) bond motifs is 1. The van der Waals surface area contributed by atoms with Gasteiger partial charge in [0.05, 0.1) is 16.5 Å². The van der Waals surface area contributed by atoms with Gasteiger partial charge in [-0.3, -0.25) is 9.59 Å². The number of halogens is 2. The Balaban J connectivity index is 1.62. The summed E-state index contributed by atoms with van der Waals surface area (Å²) in [5.41, 5.74) is 2.70. The van der Waals surface area contributed by atoms with Gasteiger partial charge in [0.15, 0.2) is 6.10 Å². The van der Waals surface area contributed by atoms with E-state index in [-0.39, 0.29) is 12.3 Å². The number of hydrogen-bond acceptors (Lipinski definition) is 3. The number of ether oxygens (including phenoxy) is 1. The minimum atomic E-state index is -0.846. The predicted molar refractivity (Wildman–Crippen MR) is 98.2 cm³/mol. The zero-order chi connectivity index (χ0) is 18.0. The molecule has 1 aliphatic heterocycles. The van der Waals surface area contributed by atoms with Gasteiger partial charge < -0.3 is 9.64 Å². The van der Waals surface area contributed by atoms with Crippen molar-refractivity contribution in [2.45, 2.75) is 25.9 Å². The summed E-state index contributed by atoms with van der Waals surface area (Å²) in [6.07, 6.45) is -0.00170. The van der Waals surface area contributed by atoms with Gasteiger partial charge in [0.25, 0.3) is 5.91 Å². The normalized spacial score (nSPS) is 14.1. The molecule has 25 heavy (non-hydrogen) atoms. The number of esters is 1. The minimum absolute atomic E-state index is 0.0328. The molecule has 1 aliphatic rings. The van der Waals surface area contributed by atoms with Gasteiger partial charge in [-0.15, -0.1) is 0 Å². The second-order valence-corrected chi connectivity index (χ2v) is 6.74. The van der Waals surface area contributed by atoms with E-state index in [0.29, 0.717) is 22.2 Å². The van der Waals surface area contributed by atoms with Crippen molar-refractivity contribution in [2.75, 3.05) is 11.4 Å². The molecule has 130 valence electrons. The molecular weight excluding hydrogens is 361 g/mol. The molecule has 0 N–H and O–H groups in total.